The topological polar surface area (TPSA) is 95.6 Å². The first-order chi connectivity index (χ1) is 15.5. The summed E-state index contributed by atoms with van der Waals surface area (Å²) in [5, 5.41) is 9.79. The molecule has 2 aliphatic carbocycles. The van der Waals surface area contributed by atoms with Crippen LogP contribution in [0, 0.1) is 22.7 Å². The lowest BCUT2D eigenvalue weighted by molar-refractivity contribution is -0.133. The van der Waals surface area contributed by atoms with Gasteiger partial charge in [0.1, 0.15) is 12.0 Å². The maximum Gasteiger partial charge on any atom is 0.331 e. The molecule has 0 saturated heterocycles. The van der Waals surface area contributed by atoms with E-state index in [1.165, 1.54) is 11.9 Å². The van der Waals surface area contributed by atoms with E-state index < -0.39 is 5.97 Å². The second kappa shape index (κ2) is 8.33. The molecule has 0 amide bonds. The second-order valence-corrected chi connectivity index (χ2v) is 11.1. The smallest absolute Gasteiger partial charge is 0.331 e. The van der Waals surface area contributed by atoms with Crippen molar-refractivity contribution in [3.05, 3.63) is 29.1 Å². The number of allylic oxidation sites excluding steroid dienone is 2. The summed E-state index contributed by atoms with van der Waals surface area (Å²) >= 11 is 0. The van der Waals surface area contributed by atoms with E-state index in [0.29, 0.717) is 29.6 Å². The summed E-state index contributed by atoms with van der Waals surface area (Å²) in [5.74, 6) is 1.66. The van der Waals surface area contributed by atoms with Crippen molar-refractivity contribution in [3.8, 4) is 0 Å². The van der Waals surface area contributed by atoms with Crippen LogP contribution < -0.4 is 15.5 Å². The summed E-state index contributed by atoms with van der Waals surface area (Å²) in [6.45, 7) is 12.9. The molecule has 4 atom stereocenters. The molecule has 7 heteroatoms. The molecule has 4 unspecified atom stereocenters. The number of nitrogens with two attached hydrogens (primary N) is 1. The SMILES string of the molecule is CC(=CCN1CN(C)c2ncnc(N)c21)CCC1(C)C(C)CCC2(C)C(C)=C(C(=O)O)CC21. The number of nitrogen functional groups attached to an aromatic ring is 1. The van der Waals surface area contributed by atoms with Crippen LogP contribution >= 0.6 is 0 Å². The van der Waals surface area contributed by atoms with Crippen LogP contribution in [-0.4, -0.2) is 41.3 Å². The molecule has 1 aromatic rings. The van der Waals surface area contributed by atoms with E-state index in [1.54, 1.807) is 0 Å². The predicted molar refractivity (Wildman–Crippen MR) is 133 cm³/mol. The lowest BCUT2D eigenvalue weighted by atomic mass is 9.50. The third-order valence-corrected chi connectivity index (χ3v) is 9.37. The fraction of sp³-hybridized carbons (Fsp3) is 0.654. The number of hydrogen-bond acceptors (Lipinski definition) is 6. The summed E-state index contributed by atoms with van der Waals surface area (Å²) in [6.07, 6.45) is 8.88. The van der Waals surface area contributed by atoms with Crippen LogP contribution in [0.1, 0.15) is 66.7 Å². The largest absolute Gasteiger partial charge is 0.478 e. The van der Waals surface area contributed by atoms with Gasteiger partial charge in [0.2, 0.25) is 0 Å². The first kappa shape index (κ1) is 23.6. The minimum absolute atomic E-state index is 0.00791. The Kier molecular flexibility index (Phi) is 5.95. The molecule has 0 bridgehead atoms. The Bertz CT molecular complexity index is 1020. The normalized spacial score (nSPS) is 31.8. The van der Waals surface area contributed by atoms with E-state index in [4.69, 9.17) is 5.73 Å². The van der Waals surface area contributed by atoms with Gasteiger partial charge in [-0.3, -0.25) is 0 Å². The van der Waals surface area contributed by atoms with E-state index in [0.717, 1.165) is 56.0 Å². The van der Waals surface area contributed by atoms with Crippen molar-refractivity contribution in [3.63, 3.8) is 0 Å². The molecular weight excluding hydrogens is 414 g/mol. The zero-order valence-corrected chi connectivity index (χ0v) is 21.0. The molecule has 3 N–H and O–H groups in total. The summed E-state index contributed by atoms with van der Waals surface area (Å²) in [7, 11) is 2.02. The van der Waals surface area contributed by atoms with Crippen molar-refractivity contribution in [1.82, 2.24) is 9.97 Å². The molecule has 33 heavy (non-hydrogen) atoms. The van der Waals surface area contributed by atoms with Gasteiger partial charge in [0, 0.05) is 19.2 Å². The number of aliphatic carboxylic acids is 1. The van der Waals surface area contributed by atoms with Crippen LogP contribution in [0.15, 0.2) is 29.1 Å². The highest BCUT2D eigenvalue weighted by Crippen LogP contribution is 2.64. The quantitative estimate of drug-likeness (QED) is 0.594. The van der Waals surface area contributed by atoms with Crippen LogP contribution in [0.4, 0.5) is 17.3 Å². The molecule has 3 aliphatic rings. The van der Waals surface area contributed by atoms with Gasteiger partial charge in [0.15, 0.2) is 11.6 Å². The molecule has 1 aliphatic heterocycles. The molecule has 0 spiro atoms. The molecule has 0 aromatic carbocycles. The highest BCUT2D eigenvalue weighted by atomic mass is 16.4. The third kappa shape index (κ3) is 3.79. The molecule has 1 fully saturated rings. The Hall–Kier alpha value is -2.57. The number of hydrogen-bond donors (Lipinski definition) is 2. The Morgan fingerprint density at radius 2 is 2.09 bits per heavy atom. The van der Waals surface area contributed by atoms with Gasteiger partial charge in [-0.2, -0.15) is 0 Å². The maximum absolute atomic E-state index is 11.9. The van der Waals surface area contributed by atoms with Crippen molar-refractivity contribution in [2.45, 2.75) is 66.7 Å². The van der Waals surface area contributed by atoms with Gasteiger partial charge in [-0.15, -0.1) is 0 Å². The number of carboxylic acids is 1. The predicted octanol–water partition coefficient (Wildman–Crippen LogP) is 4.86. The molecule has 1 saturated carbocycles. The van der Waals surface area contributed by atoms with Gasteiger partial charge < -0.3 is 20.6 Å². The average molecular weight is 454 g/mol. The number of carboxylic acid groups (broad SMARTS) is 1. The number of carbonyl (C=O) groups is 1. The lowest BCUT2D eigenvalue weighted by Gasteiger charge is -2.54. The zero-order valence-electron chi connectivity index (χ0n) is 21.0. The number of anilines is 3. The van der Waals surface area contributed by atoms with Crippen molar-refractivity contribution < 1.29 is 9.90 Å². The van der Waals surface area contributed by atoms with Gasteiger partial charge in [0.05, 0.1) is 6.67 Å². The fourth-order valence-electron chi connectivity index (χ4n) is 6.71. The van der Waals surface area contributed by atoms with Gasteiger partial charge >= 0.3 is 5.97 Å². The Morgan fingerprint density at radius 1 is 1.36 bits per heavy atom. The third-order valence-electron chi connectivity index (χ3n) is 9.37. The number of nitrogens with zero attached hydrogens (tertiary/aromatic N) is 4. The molecule has 1 aromatic heterocycles. The summed E-state index contributed by atoms with van der Waals surface area (Å²) in [5.41, 5.74) is 10.3. The number of fused-ring (bicyclic) bond motifs is 2. The monoisotopic (exact) mass is 453 g/mol. The summed E-state index contributed by atoms with van der Waals surface area (Å²) < 4.78 is 0. The van der Waals surface area contributed by atoms with E-state index in [-0.39, 0.29) is 10.8 Å². The standard InChI is InChI=1S/C26H39N5O2/c1-16(9-12-31-15-30(6)23-21(31)22(27)28-14-29-23)7-10-25(4)17(2)8-11-26(5)18(3)19(24(32)33)13-20(25)26/h9,14,17,20H,7-8,10-13,15H2,1-6H3,(H,32,33)(H2,27,28,29). The maximum atomic E-state index is 11.9. The van der Waals surface area contributed by atoms with Gasteiger partial charge in [-0.1, -0.05) is 38.0 Å². The highest BCUT2D eigenvalue weighted by molar-refractivity contribution is 5.88. The van der Waals surface area contributed by atoms with Crippen molar-refractivity contribution >= 4 is 23.3 Å². The van der Waals surface area contributed by atoms with Crippen LogP contribution in [0.5, 0.6) is 0 Å². The van der Waals surface area contributed by atoms with Crippen molar-refractivity contribution in [2.24, 2.45) is 22.7 Å². The minimum atomic E-state index is -0.728. The van der Waals surface area contributed by atoms with Gasteiger partial charge in [0.25, 0.3) is 0 Å². The minimum Gasteiger partial charge on any atom is -0.478 e. The average Bonchev–Trinajstić information content (AvgIpc) is 3.24. The number of rotatable bonds is 6. The second-order valence-electron chi connectivity index (χ2n) is 11.1. The van der Waals surface area contributed by atoms with Crippen LogP contribution in [0.25, 0.3) is 0 Å². The van der Waals surface area contributed by atoms with Crippen molar-refractivity contribution in [2.75, 3.05) is 35.8 Å². The first-order valence-electron chi connectivity index (χ1n) is 12.1. The lowest BCUT2D eigenvalue weighted by Crippen LogP contribution is -2.46. The van der Waals surface area contributed by atoms with E-state index in [9.17, 15) is 9.90 Å². The zero-order chi connectivity index (χ0) is 24.1. The number of aromatic nitrogens is 2. The van der Waals surface area contributed by atoms with E-state index in [1.807, 2.05) is 7.05 Å². The van der Waals surface area contributed by atoms with Gasteiger partial charge in [-0.25, -0.2) is 14.8 Å². The Labute approximate surface area is 197 Å². The van der Waals surface area contributed by atoms with Crippen LogP contribution in [0.2, 0.25) is 0 Å². The van der Waals surface area contributed by atoms with E-state index >= 15 is 0 Å². The molecule has 2 heterocycles. The molecule has 4 rings (SSSR count). The summed E-state index contributed by atoms with van der Waals surface area (Å²) in [4.78, 5) is 24.8. The molecule has 0 radical (unpaired) electrons. The Morgan fingerprint density at radius 3 is 2.79 bits per heavy atom. The van der Waals surface area contributed by atoms with Crippen molar-refractivity contribution in [1.29, 1.82) is 0 Å². The highest BCUT2D eigenvalue weighted by Gasteiger charge is 2.56. The van der Waals surface area contributed by atoms with Crippen LogP contribution in [0.3, 0.4) is 0 Å². The first-order valence-corrected chi connectivity index (χ1v) is 12.1. The fourth-order valence-corrected chi connectivity index (χ4v) is 6.71. The molecular formula is C26H39N5O2. The van der Waals surface area contributed by atoms with Gasteiger partial charge in [-0.05, 0) is 68.6 Å². The molecule has 7 nitrogen and oxygen atoms in total. The molecule has 180 valence electrons. The van der Waals surface area contributed by atoms with Crippen LogP contribution in [-0.2, 0) is 4.79 Å². The Balaban J connectivity index is 1.46. The van der Waals surface area contributed by atoms with E-state index in [2.05, 4.69) is 60.5 Å². The summed E-state index contributed by atoms with van der Waals surface area (Å²) in [6, 6.07) is 0.